The van der Waals surface area contributed by atoms with Crippen molar-refractivity contribution in [2.24, 2.45) is 23.7 Å². The molecule has 3 rings (SSSR count). The molecule has 0 aromatic heterocycles. The molecular weight excluding hydrogens is 216 g/mol. The van der Waals surface area contributed by atoms with Crippen LogP contribution in [0.2, 0.25) is 18.1 Å². The normalized spacial score (nSPS) is 45.3. The molecule has 0 amide bonds. The summed E-state index contributed by atoms with van der Waals surface area (Å²) >= 11 is 0. The summed E-state index contributed by atoms with van der Waals surface area (Å²) in [5.41, 5.74) is 0. The van der Waals surface area contributed by atoms with E-state index in [1.54, 1.807) is 0 Å². The zero-order valence-corrected chi connectivity index (χ0v) is 11.9. The quantitative estimate of drug-likeness (QED) is 0.692. The molecule has 3 heteroatoms. The Morgan fingerprint density at radius 1 is 1.25 bits per heavy atom. The molecule has 0 saturated heterocycles. The summed E-state index contributed by atoms with van der Waals surface area (Å²) < 4.78 is 6.45. The van der Waals surface area contributed by atoms with E-state index >= 15 is 0 Å². The standard InChI is InChI=1S/C13H22O2Si/c1-13(2,3)16(4,5)15-8-6-7-9-10(8)11(9)12(7)14/h7-11H,6H2,1-5H3/t7-,8+,9-,10?,11?/m1/s1. The number of carbonyl (C=O) groups is 1. The van der Waals surface area contributed by atoms with Gasteiger partial charge in [-0.2, -0.15) is 0 Å². The third-order valence-electron chi connectivity index (χ3n) is 5.46. The topological polar surface area (TPSA) is 26.3 Å². The van der Waals surface area contributed by atoms with Crippen LogP contribution in [0.4, 0.5) is 0 Å². The maximum absolute atomic E-state index is 11.5. The van der Waals surface area contributed by atoms with Gasteiger partial charge in [0, 0.05) is 17.9 Å². The molecule has 2 unspecified atom stereocenters. The fourth-order valence-electron chi connectivity index (χ4n) is 3.42. The Balaban J connectivity index is 1.68. The van der Waals surface area contributed by atoms with Crippen molar-refractivity contribution in [3.63, 3.8) is 0 Å². The van der Waals surface area contributed by atoms with Crippen molar-refractivity contribution in [1.82, 2.24) is 0 Å². The highest BCUT2D eigenvalue weighted by Crippen LogP contribution is 2.71. The Labute approximate surface area is 98.9 Å². The van der Waals surface area contributed by atoms with E-state index in [0.29, 0.717) is 29.6 Å². The van der Waals surface area contributed by atoms with Crippen LogP contribution in [0.1, 0.15) is 27.2 Å². The van der Waals surface area contributed by atoms with E-state index in [-0.39, 0.29) is 5.04 Å². The molecule has 5 atom stereocenters. The molecule has 0 N–H and O–H groups in total. The predicted octanol–water partition coefficient (Wildman–Crippen LogP) is 2.84. The van der Waals surface area contributed by atoms with E-state index in [9.17, 15) is 4.79 Å². The van der Waals surface area contributed by atoms with Crippen molar-refractivity contribution in [2.45, 2.75) is 51.4 Å². The van der Waals surface area contributed by atoms with Gasteiger partial charge in [-0.15, -0.1) is 0 Å². The Morgan fingerprint density at radius 3 is 2.25 bits per heavy atom. The molecule has 3 aliphatic rings. The minimum absolute atomic E-state index is 0.286. The van der Waals surface area contributed by atoms with Gasteiger partial charge in [0.2, 0.25) is 0 Å². The van der Waals surface area contributed by atoms with Crippen LogP contribution < -0.4 is 0 Å². The molecular formula is C13H22O2Si. The summed E-state index contributed by atoms with van der Waals surface area (Å²) in [6.07, 6.45) is 1.44. The lowest BCUT2D eigenvalue weighted by atomic mass is 9.80. The number of hydrogen-bond donors (Lipinski definition) is 0. The second-order valence-corrected chi connectivity index (χ2v) is 12.1. The van der Waals surface area contributed by atoms with Crippen molar-refractivity contribution in [3.05, 3.63) is 0 Å². The molecule has 0 aliphatic heterocycles. The van der Waals surface area contributed by atoms with Crippen LogP contribution in [0.25, 0.3) is 0 Å². The summed E-state index contributed by atoms with van der Waals surface area (Å²) in [6.45, 7) is 11.5. The third kappa shape index (κ3) is 1.19. The van der Waals surface area contributed by atoms with Crippen LogP contribution in [0.5, 0.6) is 0 Å². The molecule has 3 aliphatic carbocycles. The summed E-state index contributed by atoms with van der Waals surface area (Å²) in [7, 11) is -1.63. The average Bonchev–Trinajstić information content (AvgIpc) is 2.71. The van der Waals surface area contributed by atoms with E-state index in [1.807, 2.05) is 0 Å². The van der Waals surface area contributed by atoms with Crippen LogP contribution in [0, 0.1) is 23.7 Å². The van der Waals surface area contributed by atoms with Gasteiger partial charge >= 0.3 is 0 Å². The van der Waals surface area contributed by atoms with Gasteiger partial charge in [0.05, 0.1) is 0 Å². The van der Waals surface area contributed by atoms with Crippen molar-refractivity contribution in [1.29, 1.82) is 0 Å². The van der Waals surface area contributed by atoms with Crippen LogP contribution in [0.15, 0.2) is 0 Å². The fraction of sp³-hybridized carbons (Fsp3) is 0.923. The minimum Gasteiger partial charge on any atom is -0.414 e. The van der Waals surface area contributed by atoms with Gasteiger partial charge in [-0.05, 0) is 36.4 Å². The third-order valence-corrected chi connectivity index (χ3v) is 9.96. The monoisotopic (exact) mass is 238 g/mol. The summed E-state index contributed by atoms with van der Waals surface area (Å²) in [4.78, 5) is 11.5. The highest BCUT2D eigenvalue weighted by atomic mass is 28.4. The van der Waals surface area contributed by atoms with Crippen LogP contribution >= 0.6 is 0 Å². The smallest absolute Gasteiger partial charge is 0.192 e. The van der Waals surface area contributed by atoms with Gasteiger partial charge in [0.15, 0.2) is 8.32 Å². The summed E-state index contributed by atoms with van der Waals surface area (Å²) in [5.74, 6) is 2.72. The summed E-state index contributed by atoms with van der Waals surface area (Å²) in [6, 6.07) is 0. The van der Waals surface area contributed by atoms with Gasteiger partial charge in [-0.1, -0.05) is 20.8 Å². The van der Waals surface area contributed by atoms with E-state index < -0.39 is 8.32 Å². The van der Waals surface area contributed by atoms with Crippen molar-refractivity contribution in [3.8, 4) is 0 Å². The van der Waals surface area contributed by atoms with Crippen LogP contribution in [0.3, 0.4) is 0 Å². The number of Topliss-reactive ketones (excluding diaryl/α,β-unsaturated/α-hetero) is 1. The van der Waals surface area contributed by atoms with Crippen molar-refractivity contribution >= 4 is 14.1 Å². The Hall–Kier alpha value is -0.153. The maximum atomic E-state index is 11.5. The molecule has 0 aromatic carbocycles. The van der Waals surface area contributed by atoms with Crippen LogP contribution in [-0.4, -0.2) is 20.2 Å². The lowest BCUT2D eigenvalue weighted by molar-refractivity contribution is -0.132. The van der Waals surface area contributed by atoms with Gasteiger partial charge in [-0.3, -0.25) is 4.79 Å². The largest absolute Gasteiger partial charge is 0.414 e. The minimum atomic E-state index is -1.63. The molecule has 90 valence electrons. The second kappa shape index (κ2) is 2.81. The average molecular weight is 238 g/mol. The molecule has 3 fully saturated rings. The lowest BCUT2D eigenvalue weighted by Gasteiger charge is -2.40. The number of hydrogen-bond acceptors (Lipinski definition) is 2. The molecule has 2 nitrogen and oxygen atoms in total. The van der Waals surface area contributed by atoms with Gasteiger partial charge < -0.3 is 4.43 Å². The highest BCUT2D eigenvalue weighted by Gasteiger charge is 2.76. The van der Waals surface area contributed by atoms with Gasteiger partial charge in [-0.25, -0.2) is 0 Å². The first-order valence-electron chi connectivity index (χ1n) is 6.45. The Bertz CT molecular complexity index is 355. The maximum Gasteiger partial charge on any atom is 0.192 e. The van der Waals surface area contributed by atoms with E-state index in [2.05, 4.69) is 33.9 Å². The zero-order chi connectivity index (χ0) is 11.9. The Morgan fingerprint density at radius 2 is 1.88 bits per heavy atom. The Kier molecular flexibility index (Phi) is 1.92. The number of rotatable bonds is 2. The highest BCUT2D eigenvalue weighted by molar-refractivity contribution is 6.74. The lowest BCUT2D eigenvalue weighted by Crippen LogP contribution is -2.46. The number of carbonyl (C=O) groups excluding carboxylic acids is 1. The number of fused-ring (bicyclic) bond motifs is 1. The molecule has 0 bridgehead atoms. The van der Waals surface area contributed by atoms with E-state index in [0.717, 1.165) is 12.3 Å². The van der Waals surface area contributed by atoms with Gasteiger partial charge in [0.1, 0.15) is 5.78 Å². The molecule has 0 radical (unpaired) electrons. The SMILES string of the molecule is CC(C)(C)[Si](C)(C)O[C@H]1C[C@H]2C(=O)C3C1[C@H]32. The molecule has 16 heavy (non-hydrogen) atoms. The van der Waals surface area contributed by atoms with Crippen molar-refractivity contribution in [2.75, 3.05) is 0 Å². The number of ketones is 1. The molecule has 0 spiro atoms. The van der Waals surface area contributed by atoms with Gasteiger partial charge in [0.25, 0.3) is 0 Å². The fourth-order valence-corrected chi connectivity index (χ4v) is 4.78. The second-order valence-electron chi connectivity index (χ2n) is 7.34. The van der Waals surface area contributed by atoms with Crippen molar-refractivity contribution < 1.29 is 9.22 Å². The first kappa shape index (κ1) is 11.0. The van der Waals surface area contributed by atoms with Crippen LogP contribution in [-0.2, 0) is 9.22 Å². The first-order valence-corrected chi connectivity index (χ1v) is 9.36. The molecule has 3 saturated carbocycles. The van der Waals surface area contributed by atoms with E-state index in [1.165, 1.54) is 0 Å². The zero-order valence-electron chi connectivity index (χ0n) is 10.9. The molecule has 0 aromatic rings. The first-order chi connectivity index (χ1) is 7.24. The van der Waals surface area contributed by atoms with E-state index in [4.69, 9.17) is 4.43 Å². The molecule has 0 heterocycles. The summed E-state index contributed by atoms with van der Waals surface area (Å²) in [5, 5.41) is 0.286. The predicted molar refractivity (Wildman–Crippen MR) is 65.7 cm³/mol.